The van der Waals surface area contributed by atoms with E-state index in [0.717, 1.165) is 38.5 Å². The molecular formula is C32H60O4. The molecule has 0 N–H and O–H groups in total. The van der Waals surface area contributed by atoms with E-state index in [4.69, 9.17) is 9.47 Å². The van der Waals surface area contributed by atoms with Crippen molar-refractivity contribution < 1.29 is 19.1 Å². The van der Waals surface area contributed by atoms with E-state index in [1.165, 1.54) is 51.4 Å². The van der Waals surface area contributed by atoms with Gasteiger partial charge in [0.2, 0.25) is 0 Å². The van der Waals surface area contributed by atoms with Crippen molar-refractivity contribution in [1.29, 1.82) is 0 Å². The van der Waals surface area contributed by atoms with Gasteiger partial charge in [0.05, 0.1) is 25.0 Å². The van der Waals surface area contributed by atoms with Crippen LogP contribution in [0.5, 0.6) is 0 Å². The highest BCUT2D eigenvalue weighted by Crippen LogP contribution is 2.33. The minimum Gasteiger partial charge on any atom is -0.465 e. The molecule has 36 heavy (non-hydrogen) atoms. The summed E-state index contributed by atoms with van der Waals surface area (Å²) < 4.78 is 11.3. The lowest BCUT2D eigenvalue weighted by molar-refractivity contribution is -0.155. The molecule has 0 aliphatic heterocycles. The third-order valence-electron chi connectivity index (χ3n) is 8.59. The van der Waals surface area contributed by atoms with Gasteiger partial charge >= 0.3 is 11.9 Å². The first-order valence-electron chi connectivity index (χ1n) is 15.2. The van der Waals surface area contributed by atoms with E-state index >= 15 is 0 Å². The number of hydrogen-bond acceptors (Lipinski definition) is 4. The van der Waals surface area contributed by atoms with Crippen molar-refractivity contribution in [2.75, 3.05) is 13.2 Å². The van der Waals surface area contributed by atoms with Gasteiger partial charge in [-0.25, -0.2) is 0 Å². The third kappa shape index (κ3) is 14.0. The molecule has 0 amide bonds. The van der Waals surface area contributed by atoms with Gasteiger partial charge in [-0.3, -0.25) is 9.59 Å². The van der Waals surface area contributed by atoms with E-state index < -0.39 is 0 Å². The molecule has 4 nitrogen and oxygen atoms in total. The van der Waals surface area contributed by atoms with Gasteiger partial charge in [0, 0.05) is 0 Å². The highest BCUT2D eigenvalue weighted by Gasteiger charge is 2.31. The van der Waals surface area contributed by atoms with Gasteiger partial charge in [-0.2, -0.15) is 0 Å². The van der Waals surface area contributed by atoms with E-state index in [0.29, 0.717) is 35.9 Å². The Hall–Kier alpha value is -1.06. The Morgan fingerprint density at radius 2 is 0.972 bits per heavy atom. The molecule has 1 aliphatic rings. The van der Waals surface area contributed by atoms with Crippen LogP contribution in [0.2, 0.25) is 0 Å². The van der Waals surface area contributed by atoms with Gasteiger partial charge in [-0.05, 0) is 86.9 Å². The van der Waals surface area contributed by atoms with Crippen LogP contribution in [0, 0.1) is 34.5 Å². The van der Waals surface area contributed by atoms with Crippen molar-refractivity contribution in [3.63, 3.8) is 0 Å². The second kappa shape index (κ2) is 16.7. The molecule has 1 saturated carbocycles. The number of rotatable bonds is 18. The predicted molar refractivity (Wildman–Crippen MR) is 151 cm³/mol. The van der Waals surface area contributed by atoms with Crippen LogP contribution in [-0.4, -0.2) is 25.2 Å². The molecule has 2 unspecified atom stereocenters. The summed E-state index contributed by atoms with van der Waals surface area (Å²) in [7, 11) is 0. The van der Waals surface area contributed by atoms with E-state index in [2.05, 4.69) is 55.4 Å². The SMILES string of the molecule is CCCC(C)(C)CCC(C)CCOC(=O)C1CCC(C(=O)OCCC(C)CCC(C)(C)CCC)CC1. The van der Waals surface area contributed by atoms with E-state index in [1.807, 2.05) is 0 Å². The number of carbonyl (C=O) groups is 2. The fourth-order valence-electron chi connectivity index (χ4n) is 5.69. The van der Waals surface area contributed by atoms with Gasteiger partial charge < -0.3 is 9.47 Å². The number of ether oxygens (including phenoxy) is 2. The van der Waals surface area contributed by atoms with E-state index in [-0.39, 0.29) is 23.8 Å². The van der Waals surface area contributed by atoms with Crippen LogP contribution in [-0.2, 0) is 19.1 Å². The summed E-state index contributed by atoms with van der Waals surface area (Å²) in [5, 5.41) is 0. The van der Waals surface area contributed by atoms with Gasteiger partial charge in [-0.15, -0.1) is 0 Å². The van der Waals surface area contributed by atoms with Gasteiger partial charge in [0.1, 0.15) is 0 Å². The average Bonchev–Trinajstić information content (AvgIpc) is 2.81. The first-order valence-corrected chi connectivity index (χ1v) is 15.2. The molecule has 0 bridgehead atoms. The topological polar surface area (TPSA) is 52.6 Å². The maximum atomic E-state index is 12.5. The maximum absolute atomic E-state index is 12.5. The molecule has 4 heteroatoms. The Morgan fingerprint density at radius 3 is 1.28 bits per heavy atom. The highest BCUT2D eigenvalue weighted by atomic mass is 16.5. The molecule has 212 valence electrons. The van der Waals surface area contributed by atoms with Crippen LogP contribution < -0.4 is 0 Å². The molecule has 1 fully saturated rings. The van der Waals surface area contributed by atoms with Crippen molar-refractivity contribution in [2.45, 2.75) is 145 Å². The lowest BCUT2D eigenvalue weighted by Crippen LogP contribution is -2.29. The molecule has 0 heterocycles. The van der Waals surface area contributed by atoms with Crippen LogP contribution in [0.15, 0.2) is 0 Å². The van der Waals surface area contributed by atoms with Gasteiger partial charge in [-0.1, -0.05) is 81.1 Å². The summed E-state index contributed by atoms with van der Waals surface area (Å²) in [6.45, 7) is 19.5. The molecule has 0 saturated heterocycles. The second-order valence-corrected chi connectivity index (χ2v) is 13.6. The van der Waals surface area contributed by atoms with Gasteiger partial charge in [0.25, 0.3) is 0 Å². The summed E-state index contributed by atoms with van der Waals surface area (Å²) >= 11 is 0. The molecule has 0 radical (unpaired) electrons. The Labute approximate surface area is 224 Å². The Morgan fingerprint density at radius 1 is 0.639 bits per heavy atom. The van der Waals surface area contributed by atoms with Crippen molar-refractivity contribution in [1.82, 2.24) is 0 Å². The molecule has 0 spiro atoms. The van der Waals surface area contributed by atoms with Crippen LogP contribution in [0.4, 0.5) is 0 Å². The van der Waals surface area contributed by atoms with Crippen molar-refractivity contribution in [3.05, 3.63) is 0 Å². The molecule has 1 rings (SSSR count). The van der Waals surface area contributed by atoms with E-state index in [1.54, 1.807) is 0 Å². The summed E-state index contributed by atoms with van der Waals surface area (Å²) in [5.41, 5.74) is 0.812. The minimum atomic E-state index is -0.0693. The second-order valence-electron chi connectivity index (χ2n) is 13.6. The zero-order chi connectivity index (χ0) is 27.2. The Kier molecular flexibility index (Phi) is 15.3. The zero-order valence-corrected chi connectivity index (χ0v) is 25.3. The molecule has 2 atom stereocenters. The lowest BCUT2D eigenvalue weighted by Gasteiger charge is -2.27. The lowest BCUT2D eigenvalue weighted by atomic mass is 9.81. The minimum absolute atomic E-state index is 0.0562. The van der Waals surface area contributed by atoms with Crippen LogP contribution in [0.3, 0.4) is 0 Å². The smallest absolute Gasteiger partial charge is 0.308 e. The third-order valence-corrected chi connectivity index (χ3v) is 8.59. The summed E-state index contributed by atoms with van der Waals surface area (Å²) in [6.07, 6.45) is 14.7. The van der Waals surface area contributed by atoms with Crippen molar-refractivity contribution in [3.8, 4) is 0 Å². The normalized spacial score (nSPS) is 20.6. The van der Waals surface area contributed by atoms with Crippen LogP contribution in [0.25, 0.3) is 0 Å². The quantitative estimate of drug-likeness (QED) is 0.173. The first kappa shape index (κ1) is 33.0. The fourth-order valence-corrected chi connectivity index (χ4v) is 5.69. The largest absolute Gasteiger partial charge is 0.465 e. The average molecular weight is 509 g/mol. The molecule has 0 aromatic heterocycles. The standard InChI is InChI=1S/C32H60O4/c1-9-19-31(5,6)21-15-25(3)17-23-35-29(33)27-11-13-28(14-12-27)30(34)36-24-18-26(4)16-22-32(7,8)20-10-2/h25-28H,9-24H2,1-8H3. The number of hydrogen-bond donors (Lipinski definition) is 0. The molecule has 1 aliphatic carbocycles. The van der Waals surface area contributed by atoms with Crippen LogP contribution in [0.1, 0.15) is 145 Å². The predicted octanol–water partition coefficient (Wildman–Crippen LogP) is 9.14. The first-order chi connectivity index (χ1) is 16.9. The highest BCUT2D eigenvalue weighted by molar-refractivity contribution is 5.75. The Balaban J connectivity index is 2.20. The summed E-state index contributed by atoms with van der Waals surface area (Å²) in [6, 6.07) is 0. The summed E-state index contributed by atoms with van der Waals surface area (Å²) in [5.74, 6) is 0.897. The maximum Gasteiger partial charge on any atom is 0.308 e. The monoisotopic (exact) mass is 508 g/mol. The Bertz CT molecular complexity index is 562. The fraction of sp³-hybridized carbons (Fsp3) is 0.938. The number of esters is 2. The van der Waals surface area contributed by atoms with E-state index in [9.17, 15) is 9.59 Å². The van der Waals surface area contributed by atoms with Gasteiger partial charge in [0.15, 0.2) is 0 Å². The van der Waals surface area contributed by atoms with Crippen molar-refractivity contribution >= 4 is 11.9 Å². The molecule has 0 aromatic rings. The van der Waals surface area contributed by atoms with Crippen LogP contribution >= 0.6 is 0 Å². The number of carbonyl (C=O) groups excluding carboxylic acids is 2. The van der Waals surface area contributed by atoms with Crippen molar-refractivity contribution in [2.24, 2.45) is 34.5 Å². The molecule has 0 aromatic carbocycles. The zero-order valence-electron chi connectivity index (χ0n) is 25.3. The summed E-state index contributed by atoms with van der Waals surface area (Å²) in [4.78, 5) is 25.1. The molecular weight excluding hydrogens is 448 g/mol.